The zero-order valence-corrected chi connectivity index (χ0v) is 23.0. The summed E-state index contributed by atoms with van der Waals surface area (Å²) >= 11 is 0. The highest BCUT2D eigenvalue weighted by Crippen LogP contribution is 2.25. The average Bonchev–Trinajstić information content (AvgIpc) is 2.82. The number of ether oxygens (including phenoxy) is 1. The molecule has 1 atom stereocenters. The molecule has 0 aliphatic carbocycles. The van der Waals surface area contributed by atoms with Crippen LogP contribution in [0.3, 0.4) is 0 Å². The highest BCUT2D eigenvalue weighted by atomic mass is 32.2. The van der Waals surface area contributed by atoms with Gasteiger partial charge in [-0.05, 0) is 93.4 Å². The summed E-state index contributed by atoms with van der Waals surface area (Å²) in [5, 5.41) is 2.66. The summed E-state index contributed by atoms with van der Waals surface area (Å²) in [4.78, 5) is 13.0. The molecule has 0 aromatic heterocycles. The Morgan fingerprint density at radius 1 is 0.946 bits per heavy atom. The lowest BCUT2D eigenvalue weighted by molar-refractivity contribution is -0.116. The number of carbonyl (C=O) groups excluding carboxylic acids is 1. The molecule has 0 bridgehead atoms. The summed E-state index contributed by atoms with van der Waals surface area (Å²) in [6, 6.07) is 16.4. The van der Waals surface area contributed by atoms with Crippen molar-refractivity contribution in [2.24, 2.45) is 0 Å². The van der Waals surface area contributed by atoms with Crippen LogP contribution in [0.15, 0.2) is 71.6 Å². The summed E-state index contributed by atoms with van der Waals surface area (Å²) < 4.78 is 59.8. The smallest absolute Gasteiger partial charge is 0.261 e. The lowest BCUT2D eigenvalue weighted by atomic mass is 10.1. The van der Waals surface area contributed by atoms with Crippen LogP contribution in [-0.2, 0) is 24.8 Å². The molecule has 11 heteroatoms. The van der Waals surface area contributed by atoms with Crippen molar-refractivity contribution in [1.29, 1.82) is 0 Å². The third-order valence-electron chi connectivity index (χ3n) is 5.56. The van der Waals surface area contributed by atoms with Gasteiger partial charge >= 0.3 is 0 Å². The van der Waals surface area contributed by atoms with Crippen molar-refractivity contribution in [2.45, 2.75) is 38.6 Å². The Labute approximate surface area is 218 Å². The van der Waals surface area contributed by atoms with E-state index in [1.165, 1.54) is 31.2 Å². The van der Waals surface area contributed by atoms with E-state index in [-0.39, 0.29) is 4.90 Å². The van der Waals surface area contributed by atoms with Crippen LogP contribution in [0.4, 0.5) is 17.1 Å². The van der Waals surface area contributed by atoms with E-state index in [2.05, 4.69) is 10.0 Å². The van der Waals surface area contributed by atoms with Gasteiger partial charge in [-0.2, -0.15) is 0 Å². The van der Waals surface area contributed by atoms with E-state index in [0.29, 0.717) is 29.4 Å². The van der Waals surface area contributed by atoms with E-state index in [0.717, 1.165) is 21.7 Å². The number of nitrogens with one attached hydrogen (secondary N) is 2. The van der Waals surface area contributed by atoms with E-state index in [1.807, 2.05) is 32.9 Å². The monoisotopic (exact) mass is 545 g/mol. The standard InChI is InChI=1S/C26H31N3O6S2/c1-6-35-23-13-11-22(12-14-23)29(36(5,31)32)20(4)26(30)27-21-9-15-24(16-10-21)37(33,34)28-25-17-18(2)7-8-19(25)3/h7-17,20,28H,6H2,1-5H3,(H,27,30)/t20-/m0/s1. The maximum Gasteiger partial charge on any atom is 0.261 e. The lowest BCUT2D eigenvalue weighted by Crippen LogP contribution is -2.45. The van der Waals surface area contributed by atoms with Gasteiger partial charge in [0.15, 0.2) is 0 Å². The number of amides is 1. The van der Waals surface area contributed by atoms with Gasteiger partial charge < -0.3 is 10.1 Å². The fraction of sp³-hybridized carbons (Fsp3) is 0.269. The highest BCUT2D eigenvalue weighted by molar-refractivity contribution is 7.92. The van der Waals surface area contributed by atoms with Crippen molar-refractivity contribution >= 4 is 43.0 Å². The first-order chi connectivity index (χ1) is 17.3. The van der Waals surface area contributed by atoms with E-state index in [9.17, 15) is 21.6 Å². The van der Waals surface area contributed by atoms with Gasteiger partial charge in [0.05, 0.1) is 29.1 Å². The van der Waals surface area contributed by atoms with Crippen LogP contribution in [-0.4, -0.2) is 41.6 Å². The van der Waals surface area contributed by atoms with Crippen LogP contribution < -0.4 is 19.1 Å². The van der Waals surface area contributed by atoms with Crippen LogP contribution in [0, 0.1) is 13.8 Å². The maximum atomic E-state index is 13.0. The molecule has 2 N–H and O–H groups in total. The SMILES string of the molecule is CCOc1ccc(N([C@@H](C)C(=O)Nc2ccc(S(=O)(=O)Nc3cc(C)ccc3C)cc2)S(C)(=O)=O)cc1. The Morgan fingerprint density at radius 3 is 2.14 bits per heavy atom. The predicted molar refractivity (Wildman–Crippen MR) is 146 cm³/mol. The minimum Gasteiger partial charge on any atom is -0.494 e. The molecule has 0 saturated carbocycles. The minimum atomic E-state index is -3.85. The van der Waals surface area contributed by atoms with Crippen LogP contribution in [0.5, 0.6) is 5.75 Å². The first kappa shape index (κ1) is 28.0. The highest BCUT2D eigenvalue weighted by Gasteiger charge is 2.29. The largest absolute Gasteiger partial charge is 0.494 e. The van der Waals surface area contributed by atoms with Crippen LogP contribution in [0.25, 0.3) is 0 Å². The molecule has 0 spiro atoms. The third kappa shape index (κ3) is 7.01. The second kappa shape index (κ2) is 11.2. The van der Waals surface area contributed by atoms with Crippen molar-refractivity contribution in [3.8, 4) is 5.75 Å². The van der Waals surface area contributed by atoms with Crippen LogP contribution in [0.2, 0.25) is 0 Å². The minimum absolute atomic E-state index is 0.0200. The zero-order valence-electron chi connectivity index (χ0n) is 21.3. The van der Waals surface area contributed by atoms with Gasteiger partial charge in [-0.25, -0.2) is 16.8 Å². The van der Waals surface area contributed by atoms with Gasteiger partial charge in [-0.1, -0.05) is 12.1 Å². The van der Waals surface area contributed by atoms with E-state index >= 15 is 0 Å². The van der Waals surface area contributed by atoms with Gasteiger partial charge in [0.25, 0.3) is 10.0 Å². The average molecular weight is 546 g/mol. The molecule has 3 rings (SSSR count). The number of hydrogen-bond donors (Lipinski definition) is 2. The lowest BCUT2D eigenvalue weighted by Gasteiger charge is -2.28. The number of benzene rings is 3. The number of carbonyl (C=O) groups is 1. The quantitative estimate of drug-likeness (QED) is 0.392. The number of aryl methyl sites for hydroxylation is 2. The molecule has 0 aliphatic rings. The fourth-order valence-corrected chi connectivity index (χ4v) is 5.97. The molecule has 3 aromatic rings. The number of nitrogens with zero attached hydrogens (tertiary/aromatic N) is 1. The zero-order chi connectivity index (χ0) is 27.4. The Balaban J connectivity index is 1.76. The number of rotatable bonds is 10. The number of hydrogen-bond acceptors (Lipinski definition) is 6. The van der Waals surface area contributed by atoms with Gasteiger partial charge in [0.2, 0.25) is 15.9 Å². The molecule has 1 amide bonds. The Hall–Kier alpha value is -3.57. The van der Waals surface area contributed by atoms with Crippen LogP contribution >= 0.6 is 0 Å². The first-order valence-corrected chi connectivity index (χ1v) is 14.9. The molecule has 198 valence electrons. The second-order valence-electron chi connectivity index (χ2n) is 8.60. The third-order valence-corrected chi connectivity index (χ3v) is 8.18. The summed E-state index contributed by atoms with van der Waals surface area (Å²) in [6.07, 6.45) is 1.02. The predicted octanol–water partition coefficient (Wildman–Crippen LogP) is 4.30. The van der Waals surface area contributed by atoms with Crippen molar-refractivity contribution in [2.75, 3.05) is 27.2 Å². The number of sulfonamides is 2. The normalized spacial score (nSPS) is 12.5. The Kier molecular flexibility index (Phi) is 8.49. The van der Waals surface area contributed by atoms with Gasteiger partial charge in [0.1, 0.15) is 11.8 Å². The molecule has 37 heavy (non-hydrogen) atoms. The molecular weight excluding hydrogens is 514 g/mol. The molecule has 9 nitrogen and oxygen atoms in total. The van der Waals surface area contributed by atoms with E-state index in [1.54, 1.807) is 30.3 Å². The van der Waals surface area contributed by atoms with Crippen molar-refractivity contribution < 1.29 is 26.4 Å². The number of anilines is 3. The van der Waals surface area contributed by atoms with Crippen molar-refractivity contribution in [3.05, 3.63) is 77.9 Å². The molecular formula is C26H31N3O6S2. The molecule has 0 heterocycles. The summed E-state index contributed by atoms with van der Waals surface area (Å²) in [6.45, 7) is 7.46. The molecule has 0 unspecified atom stereocenters. The van der Waals surface area contributed by atoms with Gasteiger partial charge in [-0.3, -0.25) is 13.8 Å². The topological polar surface area (TPSA) is 122 Å². The van der Waals surface area contributed by atoms with Crippen molar-refractivity contribution in [3.63, 3.8) is 0 Å². The molecule has 0 saturated heterocycles. The first-order valence-electron chi connectivity index (χ1n) is 11.5. The second-order valence-corrected chi connectivity index (χ2v) is 12.1. The van der Waals surface area contributed by atoms with Gasteiger partial charge in [-0.15, -0.1) is 0 Å². The summed E-state index contributed by atoms with van der Waals surface area (Å²) in [7, 11) is -7.65. The maximum absolute atomic E-state index is 13.0. The molecule has 0 aliphatic heterocycles. The summed E-state index contributed by atoms with van der Waals surface area (Å²) in [5.41, 5.74) is 2.83. The van der Waals surface area contributed by atoms with E-state index < -0.39 is 32.0 Å². The Bertz CT molecular complexity index is 1470. The van der Waals surface area contributed by atoms with E-state index in [4.69, 9.17) is 4.74 Å². The molecule has 3 aromatic carbocycles. The summed E-state index contributed by atoms with van der Waals surface area (Å²) in [5.74, 6) is 0.00215. The Morgan fingerprint density at radius 2 is 1.57 bits per heavy atom. The van der Waals surface area contributed by atoms with Crippen LogP contribution in [0.1, 0.15) is 25.0 Å². The van der Waals surface area contributed by atoms with Crippen molar-refractivity contribution in [1.82, 2.24) is 0 Å². The molecule has 0 radical (unpaired) electrons. The van der Waals surface area contributed by atoms with Gasteiger partial charge in [0, 0.05) is 5.69 Å². The molecule has 0 fully saturated rings. The fourth-order valence-electron chi connectivity index (χ4n) is 3.68.